The summed E-state index contributed by atoms with van der Waals surface area (Å²) in [5, 5.41) is 0.0120. The average molecular weight is 510 g/mol. The molecule has 1 aliphatic rings. The van der Waals surface area contributed by atoms with E-state index in [0.29, 0.717) is 11.1 Å². The van der Waals surface area contributed by atoms with Crippen LogP contribution in [0.1, 0.15) is 33.3 Å². The lowest BCUT2D eigenvalue weighted by atomic mass is 9.98. The fourth-order valence-electron chi connectivity index (χ4n) is 4.01. The van der Waals surface area contributed by atoms with Gasteiger partial charge in [-0.05, 0) is 38.1 Å². The summed E-state index contributed by atoms with van der Waals surface area (Å²) in [6.07, 6.45) is 3.50. The predicted molar refractivity (Wildman–Crippen MR) is 134 cm³/mol. The lowest BCUT2D eigenvalue weighted by molar-refractivity contribution is -0.132. The first-order valence-electron chi connectivity index (χ1n) is 11.2. The molecule has 0 saturated heterocycles. The van der Waals surface area contributed by atoms with E-state index < -0.39 is 23.0 Å². The predicted octanol–water partition coefficient (Wildman–Crippen LogP) is 4.52. The number of carbonyl (C=O) groups is 2. The molecule has 0 N–H and O–H groups in total. The Labute approximate surface area is 212 Å². The Bertz CT molecular complexity index is 1490. The standard InChI is InChI=1S/C27H26O10/c1-13(28)34-22-16-8-9-27(3,4)37-23(16)26(33-7)25-21(22)17(30)12-18(36-25)15-10-19(31-5)24(35-14(2)29)20(11-15)32-6/h8-12H,1-7H3. The van der Waals surface area contributed by atoms with Crippen molar-refractivity contribution in [2.45, 2.75) is 33.3 Å². The lowest BCUT2D eigenvalue weighted by Gasteiger charge is -2.30. The van der Waals surface area contributed by atoms with Gasteiger partial charge < -0.3 is 32.8 Å². The van der Waals surface area contributed by atoms with Crippen molar-refractivity contribution in [1.29, 1.82) is 0 Å². The molecule has 1 aromatic heterocycles. The highest BCUT2D eigenvalue weighted by atomic mass is 16.6. The summed E-state index contributed by atoms with van der Waals surface area (Å²) < 4.78 is 39.4. The number of hydrogen-bond donors (Lipinski definition) is 0. The van der Waals surface area contributed by atoms with Crippen molar-refractivity contribution in [1.82, 2.24) is 0 Å². The summed E-state index contributed by atoms with van der Waals surface area (Å²) in [4.78, 5) is 37.0. The first kappa shape index (κ1) is 25.6. The van der Waals surface area contributed by atoms with Crippen LogP contribution >= 0.6 is 0 Å². The van der Waals surface area contributed by atoms with Crippen LogP contribution in [0.4, 0.5) is 0 Å². The number of fused-ring (bicyclic) bond motifs is 2. The van der Waals surface area contributed by atoms with Gasteiger partial charge in [-0.1, -0.05) is 0 Å². The second-order valence-electron chi connectivity index (χ2n) is 8.72. The van der Waals surface area contributed by atoms with E-state index in [2.05, 4.69) is 0 Å². The average Bonchev–Trinajstić information content (AvgIpc) is 2.82. The zero-order valence-corrected chi connectivity index (χ0v) is 21.5. The van der Waals surface area contributed by atoms with Crippen LogP contribution in [-0.4, -0.2) is 38.9 Å². The van der Waals surface area contributed by atoms with E-state index in [1.165, 1.54) is 53.4 Å². The third kappa shape index (κ3) is 4.69. The van der Waals surface area contributed by atoms with Gasteiger partial charge in [-0.15, -0.1) is 0 Å². The lowest BCUT2D eigenvalue weighted by Crippen LogP contribution is -2.28. The molecule has 0 radical (unpaired) electrons. The molecule has 2 aromatic carbocycles. The first-order valence-corrected chi connectivity index (χ1v) is 11.2. The minimum Gasteiger partial charge on any atom is -0.493 e. The van der Waals surface area contributed by atoms with Gasteiger partial charge in [0.1, 0.15) is 16.7 Å². The Morgan fingerprint density at radius 3 is 1.97 bits per heavy atom. The van der Waals surface area contributed by atoms with Gasteiger partial charge in [0.15, 0.2) is 34.0 Å². The Balaban J connectivity index is 2.05. The normalized spacial score (nSPS) is 13.4. The van der Waals surface area contributed by atoms with Gasteiger partial charge in [-0.25, -0.2) is 0 Å². The molecule has 0 spiro atoms. The van der Waals surface area contributed by atoms with E-state index in [-0.39, 0.29) is 51.2 Å². The SMILES string of the molecule is COc1cc(-c2cc(=O)c3c(OC(C)=O)c4c(c(OC)c3o2)OC(C)(C)C=C4)cc(OC)c1OC(C)=O. The highest BCUT2D eigenvalue weighted by molar-refractivity contribution is 5.98. The molecular formula is C27H26O10. The summed E-state index contributed by atoms with van der Waals surface area (Å²) in [7, 11) is 4.21. The van der Waals surface area contributed by atoms with Crippen molar-refractivity contribution >= 4 is 29.0 Å². The minimum atomic E-state index is -0.702. The van der Waals surface area contributed by atoms with E-state index in [1.54, 1.807) is 12.2 Å². The number of esters is 2. The molecule has 0 aliphatic carbocycles. The van der Waals surface area contributed by atoms with Gasteiger partial charge in [-0.3, -0.25) is 14.4 Å². The molecule has 0 amide bonds. The summed E-state index contributed by atoms with van der Waals surface area (Å²) >= 11 is 0. The fourth-order valence-corrected chi connectivity index (χ4v) is 4.01. The fraction of sp³-hybridized carbons (Fsp3) is 0.296. The highest BCUT2D eigenvalue weighted by Crippen LogP contribution is 2.50. The van der Waals surface area contributed by atoms with Crippen molar-refractivity contribution in [3.63, 3.8) is 0 Å². The maximum absolute atomic E-state index is 13.5. The molecule has 0 fully saturated rings. The van der Waals surface area contributed by atoms with Gasteiger partial charge in [0, 0.05) is 25.5 Å². The monoisotopic (exact) mass is 510 g/mol. The quantitative estimate of drug-likeness (QED) is 0.346. The molecule has 4 rings (SSSR count). The number of ether oxygens (including phenoxy) is 6. The van der Waals surface area contributed by atoms with Crippen LogP contribution in [0, 0.1) is 0 Å². The van der Waals surface area contributed by atoms with Crippen molar-refractivity contribution in [2.75, 3.05) is 21.3 Å². The number of rotatable bonds is 6. The van der Waals surface area contributed by atoms with Crippen molar-refractivity contribution < 1.29 is 42.4 Å². The number of carbonyl (C=O) groups excluding carboxylic acids is 2. The molecule has 2 heterocycles. The molecule has 37 heavy (non-hydrogen) atoms. The van der Waals surface area contributed by atoms with E-state index >= 15 is 0 Å². The number of hydrogen-bond acceptors (Lipinski definition) is 10. The van der Waals surface area contributed by atoms with Crippen LogP contribution < -0.4 is 33.8 Å². The van der Waals surface area contributed by atoms with Crippen LogP contribution in [0.2, 0.25) is 0 Å². The Morgan fingerprint density at radius 1 is 0.838 bits per heavy atom. The second-order valence-corrected chi connectivity index (χ2v) is 8.72. The van der Waals surface area contributed by atoms with E-state index in [1.807, 2.05) is 13.8 Å². The maximum atomic E-state index is 13.5. The molecular weight excluding hydrogens is 484 g/mol. The Hall–Kier alpha value is -4.47. The molecule has 0 saturated carbocycles. The topological polar surface area (TPSA) is 120 Å². The van der Waals surface area contributed by atoms with Crippen molar-refractivity contribution in [2.24, 2.45) is 0 Å². The van der Waals surface area contributed by atoms with Crippen molar-refractivity contribution in [3.8, 4) is 45.8 Å². The summed E-state index contributed by atoms with van der Waals surface area (Å²) in [5.41, 5.74) is -0.402. The third-order valence-electron chi connectivity index (χ3n) is 5.53. The summed E-state index contributed by atoms with van der Waals surface area (Å²) in [6, 6.07) is 4.31. The van der Waals surface area contributed by atoms with Crippen LogP contribution in [0.25, 0.3) is 28.4 Å². The van der Waals surface area contributed by atoms with Gasteiger partial charge in [0.05, 0.1) is 26.9 Å². The van der Waals surface area contributed by atoms with Crippen LogP contribution in [0.5, 0.6) is 34.5 Å². The molecule has 3 aromatic rings. The minimum absolute atomic E-state index is 0.00529. The molecule has 0 bridgehead atoms. The van der Waals surface area contributed by atoms with E-state index in [9.17, 15) is 14.4 Å². The smallest absolute Gasteiger partial charge is 0.308 e. The van der Waals surface area contributed by atoms with E-state index in [4.69, 9.17) is 32.8 Å². The highest BCUT2D eigenvalue weighted by Gasteiger charge is 2.33. The second kappa shape index (κ2) is 9.53. The zero-order chi connectivity index (χ0) is 27.1. The van der Waals surface area contributed by atoms with Gasteiger partial charge >= 0.3 is 11.9 Å². The van der Waals surface area contributed by atoms with Gasteiger partial charge in [0.25, 0.3) is 0 Å². The zero-order valence-electron chi connectivity index (χ0n) is 21.5. The largest absolute Gasteiger partial charge is 0.493 e. The van der Waals surface area contributed by atoms with Crippen LogP contribution in [-0.2, 0) is 9.59 Å². The molecule has 1 aliphatic heterocycles. The van der Waals surface area contributed by atoms with Gasteiger partial charge in [0.2, 0.25) is 11.5 Å². The Kier molecular flexibility index (Phi) is 6.60. The number of methoxy groups -OCH3 is 3. The van der Waals surface area contributed by atoms with E-state index in [0.717, 1.165) is 0 Å². The molecule has 0 unspecified atom stereocenters. The molecule has 10 heteroatoms. The number of benzene rings is 2. The van der Waals surface area contributed by atoms with Crippen LogP contribution in [0.15, 0.2) is 33.5 Å². The summed E-state index contributed by atoms with van der Waals surface area (Å²) in [6.45, 7) is 6.18. The van der Waals surface area contributed by atoms with Gasteiger partial charge in [-0.2, -0.15) is 0 Å². The molecule has 194 valence electrons. The Morgan fingerprint density at radius 2 is 1.43 bits per heavy atom. The van der Waals surface area contributed by atoms with Crippen LogP contribution in [0.3, 0.4) is 0 Å². The maximum Gasteiger partial charge on any atom is 0.308 e. The molecule has 0 atom stereocenters. The molecule has 10 nitrogen and oxygen atoms in total. The third-order valence-corrected chi connectivity index (χ3v) is 5.53. The van der Waals surface area contributed by atoms with Crippen molar-refractivity contribution in [3.05, 3.63) is 40.1 Å². The summed E-state index contributed by atoms with van der Waals surface area (Å²) in [5.74, 6) is -0.187. The first-order chi connectivity index (χ1) is 17.5.